The highest BCUT2D eigenvalue weighted by atomic mass is 79.9. The van der Waals surface area contributed by atoms with Gasteiger partial charge in [-0.1, -0.05) is 46.3 Å². The van der Waals surface area contributed by atoms with Crippen LogP contribution in [0.3, 0.4) is 0 Å². The van der Waals surface area contributed by atoms with Gasteiger partial charge < -0.3 is 10.6 Å². The molecule has 4 rings (SSSR count). The molecule has 0 saturated carbocycles. The number of fused-ring (bicyclic) bond motifs is 1. The predicted molar refractivity (Wildman–Crippen MR) is 143 cm³/mol. The van der Waals surface area contributed by atoms with E-state index in [1.54, 1.807) is 12.1 Å². The number of rotatable bonds is 9. The number of halogens is 1. The molecule has 10 heteroatoms. The van der Waals surface area contributed by atoms with E-state index in [0.29, 0.717) is 19.6 Å². The van der Waals surface area contributed by atoms with Crippen LogP contribution in [0, 0.1) is 6.92 Å². The third-order valence-electron chi connectivity index (χ3n) is 6.02. The second-order valence-corrected chi connectivity index (χ2v) is 11.2. The smallest absolute Gasteiger partial charge is 0.319 e. The van der Waals surface area contributed by atoms with Gasteiger partial charge in [0.25, 0.3) is 0 Å². The van der Waals surface area contributed by atoms with Crippen molar-refractivity contribution in [3.63, 3.8) is 0 Å². The fourth-order valence-corrected chi connectivity index (χ4v) is 5.99. The number of alkyl halides is 1. The van der Waals surface area contributed by atoms with Gasteiger partial charge in [0.15, 0.2) is 0 Å². The molecule has 1 atom stereocenters. The van der Waals surface area contributed by atoms with E-state index in [1.165, 1.54) is 0 Å². The maximum Gasteiger partial charge on any atom is 0.319 e. The molecule has 1 aliphatic rings. The van der Waals surface area contributed by atoms with Gasteiger partial charge in [0.1, 0.15) is 0 Å². The summed E-state index contributed by atoms with van der Waals surface area (Å²) in [6.45, 7) is 4.38. The number of aromatic nitrogens is 1. The molecule has 0 aliphatic carbocycles. The molecule has 1 saturated heterocycles. The number of sulfonamides is 1. The van der Waals surface area contributed by atoms with Gasteiger partial charge in [0.2, 0.25) is 10.0 Å². The monoisotopic (exact) mass is 559 g/mol. The number of nitrogens with one attached hydrogen (secondary N) is 3. The quantitative estimate of drug-likeness (QED) is 0.347. The first kappa shape index (κ1) is 25.6. The van der Waals surface area contributed by atoms with Gasteiger partial charge in [0.05, 0.1) is 16.1 Å². The minimum atomic E-state index is -3.56. The molecule has 1 aliphatic heterocycles. The van der Waals surface area contributed by atoms with E-state index in [9.17, 15) is 13.2 Å². The minimum Gasteiger partial charge on any atom is -0.337 e. The molecule has 0 bridgehead atoms. The van der Waals surface area contributed by atoms with Gasteiger partial charge in [-0.15, -0.1) is 0 Å². The van der Waals surface area contributed by atoms with Crippen LogP contribution in [0.5, 0.6) is 0 Å². The number of pyridine rings is 1. The molecule has 2 heterocycles. The third kappa shape index (κ3) is 6.78. The largest absolute Gasteiger partial charge is 0.337 e. The normalized spacial score (nSPS) is 16.5. The molecule has 8 nitrogen and oxygen atoms in total. The van der Waals surface area contributed by atoms with Gasteiger partial charge in [-0.25, -0.2) is 17.9 Å². The van der Waals surface area contributed by atoms with Crippen molar-refractivity contribution in [2.75, 3.05) is 36.8 Å². The lowest BCUT2D eigenvalue weighted by Crippen LogP contribution is -2.39. The van der Waals surface area contributed by atoms with Crippen molar-refractivity contribution in [1.29, 1.82) is 0 Å². The molecule has 3 N–H and O–H groups in total. The number of carbonyl (C=O) groups is 1. The van der Waals surface area contributed by atoms with Crippen LogP contribution in [-0.4, -0.2) is 61.9 Å². The Kier molecular flexibility index (Phi) is 8.38. The first-order valence-electron chi connectivity index (χ1n) is 11.6. The van der Waals surface area contributed by atoms with Gasteiger partial charge in [-0.3, -0.25) is 9.88 Å². The molecule has 35 heavy (non-hydrogen) atoms. The van der Waals surface area contributed by atoms with Crippen LogP contribution in [-0.2, 0) is 16.4 Å². The standard InChI is InChI=1S/C25H30BrN5O3S/c1-18-16-24(22-4-2-3-5-23(22)28-18)29-25(32)27-13-15-31-14-11-20(17-31)30-35(33,34)21-8-6-19(7-9-21)10-12-26/h2-9,16,20,30H,10-15,17H2,1H3,(H2,27,28,29,32). The average molecular weight is 561 g/mol. The Labute approximate surface area is 214 Å². The minimum absolute atomic E-state index is 0.151. The van der Waals surface area contributed by atoms with Crippen molar-refractivity contribution in [3.8, 4) is 0 Å². The summed E-state index contributed by atoms with van der Waals surface area (Å²) in [4.78, 5) is 19.4. The predicted octanol–water partition coefficient (Wildman–Crippen LogP) is 3.65. The number of hydrogen-bond donors (Lipinski definition) is 3. The van der Waals surface area contributed by atoms with Crippen molar-refractivity contribution < 1.29 is 13.2 Å². The molecule has 0 spiro atoms. The Morgan fingerprint density at radius 3 is 2.71 bits per heavy atom. The molecule has 1 aromatic heterocycles. The number of benzene rings is 2. The molecule has 1 unspecified atom stereocenters. The first-order chi connectivity index (χ1) is 16.8. The van der Waals surface area contributed by atoms with E-state index in [0.717, 1.165) is 52.6 Å². The number of hydrogen-bond acceptors (Lipinski definition) is 5. The van der Waals surface area contributed by atoms with Gasteiger partial charge in [-0.05, 0) is 56.1 Å². The second kappa shape index (κ2) is 11.5. The van der Waals surface area contributed by atoms with Crippen molar-refractivity contribution in [2.45, 2.75) is 30.7 Å². The lowest BCUT2D eigenvalue weighted by molar-refractivity contribution is 0.249. The Bertz CT molecular complexity index is 1280. The molecule has 1 fully saturated rings. The highest BCUT2D eigenvalue weighted by molar-refractivity contribution is 9.09. The van der Waals surface area contributed by atoms with Crippen LogP contribution in [0.15, 0.2) is 59.5 Å². The topological polar surface area (TPSA) is 103 Å². The van der Waals surface area contributed by atoms with Crippen molar-refractivity contribution >= 4 is 48.6 Å². The summed E-state index contributed by atoms with van der Waals surface area (Å²) < 4.78 is 28.3. The number of para-hydroxylation sites is 1. The van der Waals surface area contributed by atoms with E-state index >= 15 is 0 Å². The fourth-order valence-electron chi connectivity index (χ4n) is 4.27. The maximum atomic E-state index is 12.7. The highest BCUT2D eigenvalue weighted by Gasteiger charge is 2.27. The third-order valence-corrected chi connectivity index (χ3v) is 7.95. The molecule has 2 aromatic carbocycles. The zero-order valence-electron chi connectivity index (χ0n) is 19.6. The SMILES string of the molecule is Cc1cc(NC(=O)NCCN2CCC(NS(=O)(=O)c3ccc(CCBr)cc3)C2)c2ccccc2n1. The first-order valence-corrected chi connectivity index (χ1v) is 14.3. The second-order valence-electron chi connectivity index (χ2n) is 8.70. The van der Waals surface area contributed by atoms with Crippen LogP contribution in [0.2, 0.25) is 0 Å². The summed E-state index contributed by atoms with van der Waals surface area (Å²) in [5, 5.41) is 7.54. The van der Waals surface area contributed by atoms with Crippen LogP contribution < -0.4 is 15.4 Å². The van der Waals surface area contributed by atoms with E-state index < -0.39 is 10.0 Å². The summed E-state index contributed by atoms with van der Waals surface area (Å²) in [5.41, 5.74) is 3.49. The van der Waals surface area contributed by atoms with Crippen molar-refractivity contribution in [1.82, 2.24) is 19.9 Å². The number of carbonyl (C=O) groups excluding carboxylic acids is 1. The Hall–Kier alpha value is -2.53. The summed E-state index contributed by atoms with van der Waals surface area (Å²) in [7, 11) is -3.56. The fraction of sp³-hybridized carbons (Fsp3) is 0.360. The van der Waals surface area contributed by atoms with Gasteiger partial charge >= 0.3 is 6.03 Å². The van der Waals surface area contributed by atoms with Gasteiger partial charge in [0, 0.05) is 42.1 Å². The Balaban J connectivity index is 1.24. The lowest BCUT2D eigenvalue weighted by Gasteiger charge is -2.17. The van der Waals surface area contributed by atoms with Crippen LogP contribution in [0.25, 0.3) is 10.9 Å². The van der Waals surface area contributed by atoms with Gasteiger partial charge in [-0.2, -0.15) is 0 Å². The average Bonchev–Trinajstić information content (AvgIpc) is 3.26. The number of likely N-dealkylation sites (tertiary alicyclic amines) is 1. The van der Waals surface area contributed by atoms with E-state index in [1.807, 2.05) is 49.4 Å². The molecular weight excluding hydrogens is 530 g/mol. The van der Waals surface area contributed by atoms with Crippen LogP contribution >= 0.6 is 15.9 Å². The molecular formula is C25H30BrN5O3S. The molecule has 186 valence electrons. The maximum absolute atomic E-state index is 12.7. The molecule has 0 radical (unpaired) electrons. The molecule has 3 aromatic rings. The van der Waals surface area contributed by atoms with E-state index in [-0.39, 0.29) is 17.0 Å². The van der Waals surface area contributed by atoms with E-state index in [4.69, 9.17) is 0 Å². The Morgan fingerprint density at radius 1 is 1.17 bits per heavy atom. The molecule has 2 amide bonds. The Morgan fingerprint density at radius 2 is 1.94 bits per heavy atom. The van der Waals surface area contributed by atoms with Crippen molar-refractivity contribution in [2.24, 2.45) is 0 Å². The zero-order chi connectivity index (χ0) is 24.8. The zero-order valence-corrected chi connectivity index (χ0v) is 22.0. The number of nitrogens with zero attached hydrogens (tertiary/aromatic N) is 2. The summed E-state index contributed by atoms with van der Waals surface area (Å²) in [6.07, 6.45) is 1.59. The summed E-state index contributed by atoms with van der Waals surface area (Å²) in [5.74, 6) is 0. The number of urea groups is 1. The number of amides is 2. The number of anilines is 1. The van der Waals surface area contributed by atoms with Crippen LogP contribution in [0.4, 0.5) is 10.5 Å². The van der Waals surface area contributed by atoms with E-state index in [2.05, 4.69) is 41.2 Å². The highest BCUT2D eigenvalue weighted by Crippen LogP contribution is 2.22. The van der Waals surface area contributed by atoms with Crippen LogP contribution in [0.1, 0.15) is 17.7 Å². The summed E-state index contributed by atoms with van der Waals surface area (Å²) in [6, 6.07) is 16.1. The lowest BCUT2D eigenvalue weighted by atomic mass is 10.1. The summed E-state index contributed by atoms with van der Waals surface area (Å²) >= 11 is 3.40. The van der Waals surface area contributed by atoms with Crippen molar-refractivity contribution in [3.05, 3.63) is 65.9 Å². The number of aryl methyl sites for hydroxylation is 2.